The molecule has 2 fully saturated rings. The Labute approximate surface area is 205 Å². The molecular formula is C27H32ClFN2O3. The fourth-order valence-corrected chi connectivity index (χ4v) is 5.14. The van der Waals surface area contributed by atoms with Crippen molar-refractivity contribution in [1.82, 2.24) is 9.80 Å². The second kappa shape index (κ2) is 10.8. The number of aryl methyl sites for hydroxylation is 1. The summed E-state index contributed by atoms with van der Waals surface area (Å²) in [5.74, 6) is 0.170. The molecule has 1 atom stereocenters. The molecule has 0 N–H and O–H groups in total. The second-order valence-electron chi connectivity index (χ2n) is 9.66. The highest BCUT2D eigenvalue weighted by Crippen LogP contribution is 2.36. The summed E-state index contributed by atoms with van der Waals surface area (Å²) in [6, 6.07) is 11.3. The van der Waals surface area contributed by atoms with E-state index in [-0.39, 0.29) is 11.8 Å². The van der Waals surface area contributed by atoms with Gasteiger partial charge in [-0.1, -0.05) is 17.7 Å². The van der Waals surface area contributed by atoms with Gasteiger partial charge in [0.1, 0.15) is 11.6 Å². The van der Waals surface area contributed by atoms with E-state index < -0.39 is 11.2 Å². The van der Waals surface area contributed by atoms with Gasteiger partial charge in [-0.3, -0.25) is 9.59 Å². The summed E-state index contributed by atoms with van der Waals surface area (Å²) in [6.07, 6.45) is 5.09. The quantitative estimate of drug-likeness (QED) is 0.542. The highest BCUT2D eigenvalue weighted by atomic mass is 35.5. The predicted octanol–water partition coefficient (Wildman–Crippen LogP) is 5.49. The van der Waals surface area contributed by atoms with Crippen molar-refractivity contribution in [2.75, 3.05) is 32.8 Å². The average Bonchev–Trinajstić information content (AvgIpc) is 2.85. The van der Waals surface area contributed by atoms with Crippen molar-refractivity contribution in [3.63, 3.8) is 0 Å². The zero-order valence-electron chi connectivity index (χ0n) is 19.7. The smallest absolute Gasteiger partial charge is 0.253 e. The fourth-order valence-electron chi connectivity index (χ4n) is 5.02. The molecule has 2 aromatic rings. The van der Waals surface area contributed by atoms with E-state index >= 15 is 0 Å². The van der Waals surface area contributed by atoms with Crippen molar-refractivity contribution in [2.24, 2.45) is 5.41 Å². The molecular weight excluding hydrogens is 455 g/mol. The van der Waals surface area contributed by atoms with Crippen LogP contribution in [0.15, 0.2) is 42.5 Å². The molecule has 5 nitrogen and oxygen atoms in total. The number of likely N-dealkylation sites (tertiary alicyclic amines) is 2. The Bertz CT molecular complexity index is 1040. The highest BCUT2D eigenvalue weighted by Gasteiger charge is 2.41. The summed E-state index contributed by atoms with van der Waals surface area (Å²) in [5.41, 5.74) is 0.736. The minimum absolute atomic E-state index is 0.121. The number of amides is 2. The lowest BCUT2D eigenvalue weighted by molar-refractivity contribution is -0.136. The molecule has 182 valence electrons. The van der Waals surface area contributed by atoms with Gasteiger partial charge in [-0.15, -0.1) is 0 Å². The van der Waals surface area contributed by atoms with E-state index in [0.29, 0.717) is 42.5 Å². The minimum Gasteiger partial charge on any atom is -0.493 e. The van der Waals surface area contributed by atoms with Gasteiger partial charge in [-0.05, 0) is 81.0 Å². The average molecular weight is 487 g/mol. The number of ether oxygens (including phenoxy) is 1. The maximum Gasteiger partial charge on any atom is 0.253 e. The summed E-state index contributed by atoms with van der Waals surface area (Å²) in [6.45, 7) is 4.80. The van der Waals surface area contributed by atoms with Gasteiger partial charge in [-0.25, -0.2) is 4.39 Å². The van der Waals surface area contributed by atoms with Gasteiger partial charge in [0.2, 0.25) is 5.91 Å². The first-order valence-electron chi connectivity index (χ1n) is 12.1. The van der Waals surface area contributed by atoms with Gasteiger partial charge in [0.25, 0.3) is 5.91 Å². The number of hydrogen-bond acceptors (Lipinski definition) is 3. The first kappa shape index (κ1) is 24.5. The van der Waals surface area contributed by atoms with Crippen LogP contribution >= 0.6 is 11.6 Å². The number of hydrogen-bond donors (Lipinski definition) is 0. The molecule has 0 unspecified atom stereocenters. The Morgan fingerprint density at radius 1 is 1.03 bits per heavy atom. The van der Waals surface area contributed by atoms with Crippen molar-refractivity contribution >= 4 is 23.4 Å². The zero-order valence-corrected chi connectivity index (χ0v) is 20.5. The van der Waals surface area contributed by atoms with Crippen LogP contribution in [0.4, 0.5) is 4.39 Å². The molecule has 4 rings (SSSR count). The Balaban J connectivity index is 1.54. The Kier molecular flexibility index (Phi) is 7.77. The molecule has 2 saturated heterocycles. The number of halogens is 2. The number of carbonyl (C=O) groups is 2. The lowest BCUT2D eigenvalue weighted by atomic mass is 9.77. The number of carbonyl (C=O) groups excluding carboxylic acids is 2. The van der Waals surface area contributed by atoms with Crippen LogP contribution in [-0.2, 0) is 4.79 Å². The molecule has 34 heavy (non-hydrogen) atoms. The molecule has 2 aliphatic rings. The topological polar surface area (TPSA) is 49.9 Å². The zero-order chi connectivity index (χ0) is 24.1. The van der Waals surface area contributed by atoms with E-state index in [2.05, 4.69) is 0 Å². The minimum atomic E-state index is -0.511. The largest absolute Gasteiger partial charge is 0.493 e. The number of benzene rings is 2. The standard InChI is InChI=1S/C27H32ClFN2O3/c1-20-15-23(9-10-24(20)28)34-19-27(17-25(32)30-12-3-2-4-13-30)11-6-14-31(18-27)26(33)21-7-5-8-22(29)16-21/h5,7-10,15-16H,2-4,6,11-14,17-19H2,1H3/t27-/m0/s1. The van der Waals surface area contributed by atoms with Crippen molar-refractivity contribution in [1.29, 1.82) is 0 Å². The van der Waals surface area contributed by atoms with Crippen LogP contribution in [0.3, 0.4) is 0 Å². The van der Waals surface area contributed by atoms with Gasteiger partial charge in [0.15, 0.2) is 0 Å². The normalized spacial score (nSPS) is 20.8. The number of rotatable bonds is 6. The van der Waals surface area contributed by atoms with Crippen LogP contribution in [0.2, 0.25) is 5.02 Å². The van der Waals surface area contributed by atoms with Gasteiger partial charge in [0, 0.05) is 48.6 Å². The number of nitrogens with zero attached hydrogens (tertiary/aromatic N) is 2. The van der Waals surface area contributed by atoms with E-state index in [1.54, 1.807) is 23.1 Å². The second-order valence-corrected chi connectivity index (χ2v) is 10.1. The van der Waals surface area contributed by atoms with Gasteiger partial charge in [-0.2, -0.15) is 0 Å². The van der Waals surface area contributed by atoms with E-state index in [4.69, 9.17) is 16.3 Å². The maximum atomic E-state index is 13.7. The molecule has 0 radical (unpaired) electrons. The number of piperidine rings is 2. The molecule has 2 heterocycles. The van der Waals surface area contributed by atoms with Crippen LogP contribution in [0.1, 0.15) is 54.4 Å². The first-order chi connectivity index (χ1) is 16.3. The highest BCUT2D eigenvalue weighted by molar-refractivity contribution is 6.31. The van der Waals surface area contributed by atoms with Crippen LogP contribution in [-0.4, -0.2) is 54.4 Å². The summed E-state index contributed by atoms with van der Waals surface area (Å²) >= 11 is 6.16. The third-order valence-electron chi connectivity index (χ3n) is 6.93. The maximum absolute atomic E-state index is 13.7. The van der Waals surface area contributed by atoms with Crippen LogP contribution in [0.25, 0.3) is 0 Å². The van der Waals surface area contributed by atoms with Crippen LogP contribution < -0.4 is 4.74 Å². The Hall–Kier alpha value is -2.60. The molecule has 0 saturated carbocycles. The molecule has 0 bridgehead atoms. The van der Waals surface area contributed by atoms with Gasteiger partial charge >= 0.3 is 0 Å². The Morgan fingerprint density at radius 2 is 1.79 bits per heavy atom. The van der Waals surface area contributed by atoms with Crippen molar-refractivity contribution < 1.29 is 18.7 Å². The molecule has 2 aliphatic heterocycles. The third-order valence-corrected chi connectivity index (χ3v) is 7.35. The van der Waals surface area contributed by atoms with E-state index in [1.165, 1.54) is 12.1 Å². The lowest BCUT2D eigenvalue weighted by Crippen LogP contribution is -2.51. The SMILES string of the molecule is Cc1cc(OC[C@]2(CC(=O)N3CCCCC3)CCCN(C(=O)c3cccc(F)c3)C2)ccc1Cl. The van der Waals surface area contributed by atoms with Crippen molar-refractivity contribution in [3.05, 3.63) is 64.4 Å². The predicted molar refractivity (Wildman–Crippen MR) is 131 cm³/mol. The van der Waals surface area contributed by atoms with Crippen LogP contribution in [0, 0.1) is 18.2 Å². The van der Waals surface area contributed by atoms with E-state index in [9.17, 15) is 14.0 Å². The summed E-state index contributed by atoms with van der Waals surface area (Å²) in [7, 11) is 0. The van der Waals surface area contributed by atoms with Gasteiger partial charge < -0.3 is 14.5 Å². The Morgan fingerprint density at radius 3 is 2.53 bits per heavy atom. The molecule has 2 aromatic carbocycles. The monoisotopic (exact) mass is 486 g/mol. The van der Waals surface area contributed by atoms with Crippen molar-refractivity contribution in [3.8, 4) is 5.75 Å². The molecule has 2 amide bonds. The van der Waals surface area contributed by atoms with E-state index in [1.807, 2.05) is 24.0 Å². The molecule has 0 aromatic heterocycles. The molecule has 7 heteroatoms. The van der Waals surface area contributed by atoms with Gasteiger partial charge in [0.05, 0.1) is 6.61 Å². The molecule has 0 spiro atoms. The summed E-state index contributed by atoms with van der Waals surface area (Å²) in [5, 5.41) is 0.673. The van der Waals surface area contributed by atoms with E-state index in [0.717, 1.165) is 50.8 Å². The summed E-state index contributed by atoms with van der Waals surface area (Å²) in [4.78, 5) is 30.2. The third kappa shape index (κ3) is 5.90. The first-order valence-corrected chi connectivity index (χ1v) is 12.4. The fraction of sp³-hybridized carbons (Fsp3) is 0.481. The molecule has 0 aliphatic carbocycles. The summed E-state index contributed by atoms with van der Waals surface area (Å²) < 4.78 is 19.9. The van der Waals surface area contributed by atoms with Crippen molar-refractivity contribution in [2.45, 2.75) is 45.4 Å². The lowest BCUT2D eigenvalue weighted by Gasteiger charge is -2.43. The van der Waals surface area contributed by atoms with Crippen LogP contribution in [0.5, 0.6) is 5.75 Å².